The lowest BCUT2D eigenvalue weighted by molar-refractivity contribution is 0.133. The number of carbonyl (C=O) groups excluding carboxylic acids is 1. The second-order valence-corrected chi connectivity index (χ2v) is 12.1. The van der Waals surface area contributed by atoms with Gasteiger partial charge in [0.25, 0.3) is 0 Å². The minimum atomic E-state index is -4.28. The number of ether oxygens (including phenoxy) is 4. The van der Waals surface area contributed by atoms with Gasteiger partial charge in [0.15, 0.2) is 11.5 Å². The van der Waals surface area contributed by atoms with E-state index < -0.39 is 16.3 Å². The van der Waals surface area contributed by atoms with Crippen molar-refractivity contribution in [3.8, 4) is 17.2 Å². The maximum absolute atomic E-state index is 13.7. The molecule has 0 atom stereocenters. The second kappa shape index (κ2) is 16.3. The molecule has 1 amide bonds. The average molecular weight is 611 g/mol. The Bertz CT molecular complexity index is 1340. The van der Waals surface area contributed by atoms with E-state index in [1.54, 1.807) is 32.2 Å². The van der Waals surface area contributed by atoms with E-state index in [9.17, 15) is 13.2 Å². The topological polar surface area (TPSA) is 103 Å². The van der Waals surface area contributed by atoms with Crippen LogP contribution in [0.5, 0.6) is 17.2 Å². The molecular weight excluding hydrogens is 568 g/mol. The molecule has 0 radical (unpaired) electrons. The molecule has 3 aromatic rings. The fraction of sp³-hybridized carbons (Fsp3) is 0.424. The first-order chi connectivity index (χ1) is 20.9. The Hall–Kier alpha value is -3.60. The van der Waals surface area contributed by atoms with Crippen molar-refractivity contribution >= 4 is 16.3 Å². The summed E-state index contributed by atoms with van der Waals surface area (Å²) in [5.74, 6) is 0.401. The number of hydrogen-bond acceptors (Lipinski definition) is 7. The van der Waals surface area contributed by atoms with Crippen LogP contribution in [0.4, 0.5) is 4.79 Å². The van der Waals surface area contributed by atoms with Crippen LogP contribution in [0.1, 0.15) is 62.5 Å². The minimum Gasteiger partial charge on any atom is -0.487 e. The van der Waals surface area contributed by atoms with Crippen molar-refractivity contribution in [2.24, 2.45) is 0 Å². The molecule has 1 aliphatic carbocycles. The third-order valence-electron chi connectivity index (χ3n) is 7.32. The zero-order chi connectivity index (χ0) is 30.5. The predicted octanol–water partition coefficient (Wildman–Crippen LogP) is 6.30. The first-order valence-corrected chi connectivity index (χ1v) is 16.4. The number of benzene rings is 3. The zero-order valence-corrected chi connectivity index (χ0v) is 25.8. The Morgan fingerprint density at radius 1 is 0.884 bits per heavy atom. The van der Waals surface area contributed by atoms with Gasteiger partial charge >= 0.3 is 16.3 Å². The molecule has 0 unspecified atom stereocenters. The van der Waals surface area contributed by atoms with Crippen LogP contribution >= 0.6 is 0 Å². The molecule has 0 heterocycles. The van der Waals surface area contributed by atoms with E-state index in [0.29, 0.717) is 18.8 Å². The third kappa shape index (κ3) is 9.19. The van der Waals surface area contributed by atoms with E-state index in [-0.39, 0.29) is 43.2 Å². The normalized spacial score (nSPS) is 13.9. The monoisotopic (exact) mass is 610 g/mol. The quantitative estimate of drug-likeness (QED) is 0.202. The molecule has 0 aromatic heterocycles. The lowest BCUT2D eigenvalue weighted by Crippen LogP contribution is -2.47. The molecule has 232 valence electrons. The van der Waals surface area contributed by atoms with Crippen LogP contribution in [0.25, 0.3) is 0 Å². The van der Waals surface area contributed by atoms with E-state index in [0.717, 1.165) is 47.5 Å². The SMILES string of the molecule is CCCN(C(=O)Oc1c(OCCOC)cccc1OC1CCCCC1)S(=O)(=O)NCC(c1ccccc1)c1ccccc1. The summed E-state index contributed by atoms with van der Waals surface area (Å²) < 4.78 is 53.7. The minimum absolute atomic E-state index is 0.0227. The number of carbonyl (C=O) groups is 1. The molecule has 43 heavy (non-hydrogen) atoms. The number of rotatable bonds is 15. The van der Waals surface area contributed by atoms with Crippen molar-refractivity contribution in [3.05, 3.63) is 90.0 Å². The molecule has 0 aliphatic heterocycles. The number of methoxy groups -OCH3 is 1. The van der Waals surface area contributed by atoms with E-state index in [2.05, 4.69) is 4.72 Å². The smallest absolute Gasteiger partial charge is 0.430 e. The van der Waals surface area contributed by atoms with Gasteiger partial charge in [-0.15, -0.1) is 0 Å². The molecule has 3 aromatic carbocycles. The van der Waals surface area contributed by atoms with Gasteiger partial charge in [0.2, 0.25) is 5.75 Å². The van der Waals surface area contributed by atoms with Crippen LogP contribution in [0.3, 0.4) is 0 Å². The second-order valence-electron chi connectivity index (χ2n) is 10.5. The largest absolute Gasteiger partial charge is 0.487 e. The molecular formula is C33H42N2O7S. The lowest BCUT2D eigenvalue weighted by Gasteiger charge is -2.26. The van der Waals surface area contributed by atoms with Crippen LogP contribution in [0.15, 0.2) is 78.9 Å². The summed E-state index contributed by atoms with van der Waals surface area (Å²) in [6, 6.07) is 24.4. The number of amides is 1. The van der Waals surface area contributed by atoms with E-state index in [1.165, 1.54) is 0 Å². The van der Waals surface area contributed by atoms with E-state index in [4.69, 9.17) is 18.9 Å². The summed E-state index contributed by atoms with van der Waals surface area (Å²) in [6.07, 6.45) is 4.41. The molecule has 9 nitrogen and oxygen atoms in total. The Labute approximate surface area is 255 Å². The fourth-order valence-electron chi connectivity index (χ4n) is 5.12. The highest BCUT2D eigenvalue weighted by Gasteiger charge is 2.32. The molecule has 1 aliphatic rings. The highest BCUT2D eigenvalue weighted by molar-refractivity contribution is 7.87. The van der Waals surface area contributed by atoms with Gasteiger partial charge in [-0.3, -0.25) is 0 Å². The predicted molar refractivity (Wildman–Crippen MR) is 166 cm³/mol. The van der Waals surface area contributed by atoms with Gasteiger partial charge in [-0.1, -0.05) is 80.1 Å². The highest BCUT2D eigenvalue weighted by atomic mass is 32.2. The van der Waals surface area contributed by atoms with Gasteiger partial charge in [-0.25, -0.2) is 4.79 Å². The molecule has 0 bridgehead atoms. The highest BCUT2D eigenvalue weighted by Crippen LogP contribution is 2.39. The van der Waals surface area contributed by atoms with Crippen LogP contribution in [0.2, 0.25) is 0 Å². The van der Waals surface area contributed by atoms with Crippen LogP contribution < -0.4 is 18.9 Å². The molecule has 1 fully saturated rings. The van der Waals surface area contributed by atoms with Crippen molar-refractivity contribution in [2.45, 2.75) is 57.5 Å². The first-order valence-electron chi connectivity index (χ1n) is 14.9. The summed E-state index contributed by atoms with van der Waals surface area (Å²) in [5, 5.41) is 0. The molecule has 4 rings (SSSR count). The first kappa shape index (κ1) is 32.3. The summed E-state index contributed by atoms with van der Waals surface area (Å²) in [5.41, 5.74) is 1.90. The summed E-state index contributed by atoms with van der Waals surface area (Å²) >= 11 is 0. The Morgan fingerprint density at radius 3 is 2.12 bits per heavy atom. The lowest BCUT2D eigenvalue weighted by atomic mass is 9.92. The van der Waals surface area contributed by atoms with Crippen LogP contribution in [-0.2, 0) is 14.9 Å². The van der Waals surface area contributed by atoms with Gasteiger partial charge in [0.05, 0.1) is 12.7 Å². The van der Waals surface area contributed by atoms with Gasteiger partial charge in [0, 0.05) is 26.1 Å². The number of nitrogens with one attached hydrogen (secondary N) is 1. The maximum Gasteiger partial charge on any atom is 0.430 e. The van der Waals surface area contributed by atoms with E-state index in [1.807, 2.05) is 60.7 Å². The number of hydrogen-bond donors (Lipinski definition) is 1. The van der Waals surface area contributed by atoms with Crippen molar-refractivity contribution in [1.82, 2.24) is 9.03 Å². The Kier molecular flexibility index (Phi) is 12.3. The number of nitrogens with zero attached hydrogens (tertiary/aromatic N) is 1. The summed E-state index contributed by atoms with van der Waals surface area (Å²) in [4.78, 5) is 13.6. The van der Waals surface area contributed by atoms with Gasteiger partial charge in [-0.05, 0) is 55.4 Å². The standard InChI is InChI=1S/C33H42N2O7S/c1-3-22-35(43(37,38)34-25-29(26-14-7-4-8-15-26)27-16-9-5-10-17-27)33(36)42-32-30(40-24-23-39-2)20-13-21-31(32)41-28-18-11-6-12-19-28/h4-5,7-10,13-17,20-21,28-29,34H,3,6,11-12,18-19,22-25H2,1-2H3. The average Bonchev–Trinajstić information content (AvgIpc) is 3.03. The van der Waals surface area contributed by atoms with Crippen LogP contribution in [-0.4, -0.2) is 58.3 Å². The molecule has 0 saturated heterocycles. The fourth-order valence-corrected chi connectivity index (χ4v) is 6.31. The molecule has 1 N–H and O–H groups in total. The Morgan fingerprint density at radius 2 is 1.51 bits per heavy atom. The third-order valence-corrected chi connectivity index (χ3v) is 8.76. The Balaban J connectivity index is 1.56. The summed E-state index contributed by atoms with van der Waals surface area (Å²) in [7, 11) is -2.72. The molecule has 1 saturated carbocycles. The van der Waals surface area contributed by atoms with Crippen molar-refractivity contribution in [1.29, 1.82) is 0 Å². The zero-order valence-electron chi connectivity index (χ0n) is 24.9. The maximum atomic E-state index is 13.7. The molecule has 10 heteroatoms. The number of para-hydroxylation sites is 1. The summed E-state index contributed by atoms with van der Waals surface area (Å²) in [6.45, 7) is 2.32. The van der Waals surface area contributed by atoms with Crippen molar-refractivity contribution in [3.63, 3.8) is 0 Å². The molecule has 0 spiro atoms. The van der Waals surface area contributed by atoms with Gasteiger partial charge < -0.3 is 18.9 Å². The van der Waals surface area contributed by atoms with E-state index >= 15 is 0 Å². The van der Waals surface area contributed by atoms with Crippen molar-refractivity contribution < 1.29 is 32.2 Å². The van der Waals surface area contributed by atoms with Crippen LogP contribution in [0, 0.1) is 0 Å². The van der Waals surface area contributed by atoms with Crippen molar-refractivity contribution in [2.75, 3.05) is 33.4 Å². The van der Waals surface area contributed by atoms with Gasteiger partial charge in [0.1, 0.15) is 6.61 Å². The van der Waals surface area contributed by atoms with Gasteiger partial charge in [-0.2, -0.15) is 17.4 Å².